The molecule has 0 bridgehead atoms. The Bertz CT molecular complexity index is 583. The zero-order valence-corrected chi connectivity index (χ0v) is 12.6. The number of methoxy groups -OCH3 is 1. The summed E-state index contributed by atoms with van der Waals surface area (Å²) in [7, 11) is 1.45. The molecule has 114 valence electrons. The highest BCUT2D eigenvalue weighted by Gasteiger charge is 2.10. The number of nitrogens with zero attached hydrogens (tertiary/aromatic N) is 3. The van der Waals surface area contributed by atoms with E-state index in [-0.39, 0.29) is 11.6 Å². The standard InChI is InChI=1S/C15H21FN4O/c1-11(2)7-17-8-14-18-10-20(19-14)9-12-5-4-6-13(21-3)15(12)16/h4-6,10-11,17H,7-9H2,1-3H3. The van der Waals surface area contributed by atoms with Crippen LogP contribution < -0.4 is 10.1 Å². The maximum atomic E-state index is 14.1. The lowest BCUT2D eigenvalue weighted by Gasteiger charge is -2.07. The van der Waals surface area contributed by atoms with Gasteiger partial charge in [-0.15, -0.1) is 0 Å². The van der Waals surface area contributed by atoms with Crippen molar-refractivity contribution < 1.29 is 9.13 Å². The van der Waals surface area contributed by atoms with Crippen molar-refractivity contribution in [2.45, 2.75) is 26.9 Å². The van der Waals surface area contributed by atoms with E-state index in [1.807, 2.05) is 0 Å². The van der Waals surface area contributed by atoms with Gasteiger partial charge in [0.1, 0.15) is 6.33 Å². The number of nitrogens with one attached hydrogen (secondary N) is 1. The summed E-state index contributed by atoms with van der Waals surface area (Å²) in [5, 5.41) is 7.61. The average molecular weight is 292 g/mol. The van der Waals surface area contributed by atoms with Gasteiger partial charge < -0.3 is 10.1 Å². The first-order chi connectivity index (χ1) is 10.1. The normalized spacial score (nSPS) is 11.1. The SMILES string of the molecule is COc1cccc(Cn2cnc(CNCC(C)C)n2)c1F. The third-order valence-electron chi connectivity index (χ3n) is 3.02. The molecular formula is C15H21FN4O. The fourth-order valence-corrected chi connectivity index (χ4v) is 1.97. The molecule has 0 aliphatic carbocycles. The Labute approximate surface area is 124 Å². The molecule has 1 N–H and O–H groups in total. The molecule has 2 rings (SSSR count). The van der Waals surface area contributed by atoms with Gasteiger partial charge >= 0.3 is 0 Å². The lowest BCUT2D eigenvalue weighted by Crippen LogP contribution is -2.19. The van der Waals surface area contributed by atoms with E-state index >= 15 is 0 Å². The lowest BCUT2D eigenvalue weighted by molar-refractivity contribution is 0.383. The van der Waals surface area contributed by atoms with Crippen LogP contribution in [0.2, 0.25) is 0 Å². The minimum atomic E-state index is -0.352. The summed E-state index contributed by atoms with van der Waals surface area (Å²) in [6, 6.07) is 5.08. The summed E-state index contributed by atoms with van der Waals surface area (Å²) in [6.07, 6.45) is 1.62. The van der Waals surface area contributed by atoms with Crippen LogP contribution in [0.3, 0.4) is 0 Å². The van der Waals surface area contributed by atoms with Gasteiger partial charge in [-0.3, -0.25) is 0 Å². The average Bonchev–Trinajstić information content (AvgIpc) is 2.88. The van der Waals surface area contributed by atoms with E-state index in [4.69, 9.17) is 4.74 Å². The van der Waals surface area contributed by atoms with Crippen molar-refractivity contribution in [1.82, 2.24) is 20.1 Å². The Morgan fingerprint density at radius 3 is 2.90 bits per heavy atom. The molecule has 0 spiro atoms. The van der Waals surface area contributed by atoms with Gasteiger partial charge in [-0.05, 0) is 18.5 Å². The number of hydrogen-bond acceptors (Lipinski definition) is 4. The molecule has 0 saturated carbocycles. The molecule has 0 fully saturated rings. The number of halogens is 1. The van der Waals surface area contributed by atoms with Gasteiger partial charge in [0.15, 0.2) is 17.4 Å². The van der Waals surface area contributed by atoms with Crippen molar-refractivity contribution in [3.05, 3.63) is 41.7 Å². The maximum Gasteiger partial charge on any atom is 0.170 e. The second kappa shape index (κ2) is 7.17. The highest BCUT2D eigenvalue weighted by molar-refractivity contribution is 5.31. The molecule has 1 heterocycles. The first-order valence-corrected chi connectivity index (χ1v) is 7.00. The van der Waals surface area contributed by atoms with Crippen LogP contribution in [0.4, 0.5) is 4.39 Å². The Balaban J connectivity index is 1.99. The molecule has 1 aromatic heterocycles. The third-order valence-corrected chi connectivity index (χ3v) is 3.02. The second-order valence-corrected chi connectivity index (χ2v) is 5.32. The van der Waals surface area contributed by atoms with Gasteiger partial charge in [0.25, 0.3) is 0 Å². The van der Waals surface area contributed by atoms with Gasteiger partial charge in [0, 0.05) is 5.56 Å². The van der Waals surface area contributed by atoms with Crippen LogP contribution in [0.5, 0.6) is 5.75 Å². The van der Waals surface area contributed by atoms with Gasteiger partial charge in [0.05, 0.1) is 20.2 Å². The van der Waals surface area contributed by atoms with Crippen LogP contribution in [0.25, 0.3) is 0 Å². The Morgan fingerprint density at radius 1 is 1.38 bits per heavy atom. The van der Waals surface area contributed by atoms with Crippen LogP contribution >= 0.6 is 0 Å². The zero-order valence-electron chi connectivity index (χ0n) is 12.6. The topological polar surface area (TPSA) is 52.0 Å². The van der Waals surface area contributed by atoms with Crippen molar-refractivity contribution in [1.29, 1.82) is 0 Å². The molecule has 0 unspecified atom stereocenters. The van der Waals surface area contributed by atoms with E-state index in [9.17, 15) is 4.39 Å². The molecule has 0 amide bonds. The van der Waals surface area contributed by atoms with Gasteiger partial charge in [0.2, 0.25) is 0 Å². The minimum Gasteiger partial charge on any atom is -0.494 e. The molecule has 0 atom stereocenters. The van der Waals surface area contributed by atoms with E-state index < -0.39 is 0 Å². The molecule has 0 aliphatic heterocycles. The Kier molecular flexibility index (Phi) is 5.27. The van der Waals surface area contributed by atoms with Crippen molar-refractivity contribution in [2.24, 2.45) is 5.92 Å². The summed E-state index contributed by atoms with van der Waals surface area (Å²) in [6.45, 7) is 6.15. The molecule has 6 heteroatoms. The van der Waals surface area contributed by atoms with E-state index in [2.05, 4.69) is 29.2 Å². The molecule has 2 aromatic rings. The van der Waals surface area contributed by atoms with Crippen LogP contribution in [-0.2, 0) is 13.1 Å². The van der Waals surface area contributed by atoms with E-state index in [0.29, 0.717) is 30.4 Å². The van der Waals surface area contributed by atoms with Crippen LogP contribution in [0.15, 0.2) is 24.5 Å². The van der Waals surface area contributed by atoms with Crippen molar-refractivity contribution in [2.75, 3.05) is 13.7 Å². The second-order valence-electron chi connectivity index (χ2n) is 5.32. The van der Waals surface area contributed by atoms with Crippen LogP contribution in [-0.4, -0.2) is 28.4 Å². The molecule has 5 nitrogen and oxygen atoms in total. The minimum absolute atomic E-state index is 0.242. The van der Waals surface area contributed by atoms with Gasteiger partial charge in [-0.25, -0.2) is 14.1 Å². The number of ether oxygens (including phenoxy) is 1. The summed E-state index contributed by atoms with van der Waals surface area (Å²) in [5.41, 5.74) is 0.529. The number of hydrogen-bond donors (Lipinski definition) is 1. The zero-order chi connectivity index (χ0) is 15.2. The third kappa shape index (κ3) is 4.26. The molecule has 21 heavy (non-hydrogen) atoms. The summed E-state index contributed by atoms with van der Waals surface area (Å²) in [5.74, 6) is 1.18. The fourth-order valence-electron chi connectivity index (χ4n) is 1.97. The highest BCUT2D eigenvalue weighted by Crippen LogP contribution is 2.20. The number of rotatable bonds is 7. The highest BCUT2D eigenvalue weighted by atomic mass is 19.1. The van der Waals surface area contributed by atoms with Gasteiger partial charge in [-0.1, -0.05) is 26.0 Å². The van der Waals surface area contributed by atoms with Crippen LogP contribution in [0, 0.1) is 11.7 Å². The fraction of sp³-hybridized carbons (Fsp3) is 0.467. The first kappa shape index (κ1) is 15.4. The molecule has 0 radical (unpaired) electrons. The Morgan fingerprint density at radius 2 is 2.19 bits per heavy atom. The first-order valence-electron chi connectivity index (χ1n) is 7.00. The Hall–Kier alpha value is -1.95. The predicted molar refractivity (Wildman–Crippen MR) is 78.6 cm³/mol. The predicted octanol–water partition coefficient (Wildman–Crippen LogP) is 2.22. The summed E-state index contributed by atoms with van der Waals surface area (Å²) < 4.78 is 20.7. The lowest BCUT2D eigenvalue weighted by atomic mass is 10.2. The van der Waals surface area contributed by atoms with Crippen molar-refractivity contribution in [3.63, 3.8) is 0 Å². The molecule has 0 aliphatic rings. The van der Waals surface area contributed by atoms with E-state index in [1.165, 1.54) is 7.11 Å². The van der Waals surface area contributed by atoms with E-state index in [1.54, 1.807) is 29.2 Å². The number of benzene rings is 1. The quantitative estimate of drug-likeness (QED) is 0.850. The number of aromatic nitrogens is 3. The summed E-state index contributed by atoms with van der Waals surface area (Å²) >= 11 is 0. The largest absolute Gasteiger partial charge is 0.494 e. The molecule has 1 aromatic carbocycles. The van der Waals surface area contributed by atoms with Crippen LogP contribution in [0.1, 0.15) is 25.2 Å². The van der Waals surface area contributed by atoms with Crippen molar-refractivity contribution >= 4 is 0 Å². The van der Waals surface area contributed by atoms with E-state index in [0.717, 1.165) is 6.54 Å². The van der Waals surface area contributed by atoms with Gasteiger partial charge in [-0.2, -0.15) is 5.10 Å². The monoisotopic (exact) mass is 292 g/mol. The molecular weight excluding hydrogens is 271 g/mol. The smallest absolute Gasteiger partial charge is 0.170 e. The maximum absolute atomic E-state index is 14.1. The molecule has 0 saturated heterocycles. The van der Waals surface area contributed by atoms with Crippen molar-refractivity contribution in [3.8, 4) is 5.75 Å². The summed E-state index contributed by atoms with van der Waals surface area (Å²) in [4.78, 5) is 4.22.